The summed E-state index contributed by atoms with van der Waals surface area (Å²) in [4.78, 5) is 13.2. The summed E-state index contributed by atoms with van der Waals surface area (Å²) in [6.07, 6.45) is 7.23. The smallest absolute Gasteiger partial charge is 0.144 e. The predicted octanol–water partition coefficient (Wildman–Crippen LogP) is 5.90. The van der Waals surface area contributed by atoms with E-state index in [9.17, 15) is 4.79 Å². The maximum Gasteiger partial charge on any atom is 0.144 e. The summed E-state index contributed by atoms with van der Waals surface area (Å²) in [6, 6.07) is 21.9. The minimum Gasteiger partial charge on any atom is -0.299 e. The highest BCUT2D eigenvalue weighted by Gasteiger charge is 2.53. The first-order chi connectivity index (χ1) is 13.2. The number of allylic oxidation sites excluding steroid dienone is 2. The van der Waals surface area contributed by atoms with Gasteiger partial charge in [-0.2, -0.15) is 0 Å². The van der Waals surface area contributed by atoms with Gasteiger partial charge in [0.2, 0.25) is 0 Å². The van der Waals surface area contributed by atoms with Gasteiger partial charge >= 0.3 is 0 Å². The number of carbonyl (C=O) groups is 1. The standard InChI is InChI=1S/C26H22O/c27-25-14-22-13-21-11-19(18-4-2-1-3-5-18)7-8-20(21)12-23(22)16-26(25)15-17-6-9-24(26)10-17/h1-8,11-13,24H,9-10,14-16H2. The molecule has 27 heavy (non-hydrogen) atoms. The molecule has 0 amide bonds. The van der Waals surface area contributed by atoms with Crippen LogP contribution in [0.1, 0.15) is 30.4 Å². The summed E-state index contributed by atoms with van der Waals surface area (Å²) in [7, 11) is 0. The highest BCUT2D eigenvalue weighted by molar-refractivity contribution is 5.94. The Morgan fingerprint density at radius 2 is 1.67 bits per heavy atom. The van der Waals surface area contributed by atoms with Crippen molar-refractivity contribution >= 4 is 16.6 Å². The first-order valence-corrected chi connectivity index (χ1v) is 10.0. The number of benzene rings is 3. The van der Waals surface area contributed by atoms with Crippen molar-refractivity contribution in [1.82, 2.24) is 0 Å². The lowest BCUT2D eigenvalue weighted by molar-refractivity contribution is -0.131. The van der Waals surface area contributed by atoms with E-state index in [1.807, 2.05) is 6.07 Å². The molecule has 0 aromatic heterocycles. The summed E-state index contributed by atoms with van der Waals surface area (Å²) in [5, 5.41) is 2.54. The average molecular weight is 350 g/mol. The SMILES string of the molecule is O=C1Cc2cc3cc(-c4ccccc4)ccc3cc2CC12CC1=CCC2C1. The Labute approximate surface area is 159 Å². The van der Waals surface area contributed by atoms with E-state index in [-0.39, 0.29) is 5.41 Å². The average Bonchev–Trinajstić information content (AvgIpc) is 3.30. The first kappa shape index (κ1) is 15.4. The molecule has 0 radical (unpaired) electrons. The zero-order valence-corrected chi connectivity index (χ0v) is 15.4. The Kier molecular flexibility index (Phi) is 3.09. The largest absolute Gasteiger partial charge is 0.299 e. The molecule has 2 unspecified atom stereocenters. The van der Waals surface area contributed by atoms with Gasteiger partial charge in [0.05, 0.1) is 0 Å². The highest BCUT2D eigenvalue weighted by atomic mass is 16.1. The van der Waals surface area contributed by atoms with E-state index in [0.29, 0.717) is 18.1 Å². The van der Waals surface area contributed by atoms with Crippen molar-refractivity contribution in [3.8, 4) is 11.1 Å². The number of rotatable bonds is 1. The molecule has 2 atom stereocenters. The molecule has 132 valence electrons. The van der Waals surface area contributed by atoms with Crippen molar-refractivity contribution in [2.75, 3.05) is 0 Å². The Balaban J connectivity index is 1.44. The van der Waals surface area contributed by atoms with Crippen molar-refractivity contribution in [3.05, 3.63) is 83.4 Å². The van der Waals surface area contributed by atoms with Crippen LogP contribution < -0.4 is 0 Å². The van der Waals surface area contributed by atoms with Crippen molar-refractivity contribution in [1.29, 1.82) is 0 Å². The minimum absolute atomic E-state index is 0.0886. The number of Topliss-reactive ketones (excluding diaryl/α,β-unsaturated/α-hetero) is 1. The maximum absolute atomic E-state index is 13.2. The molecule has 0 aliphatic heterocycles. The van der Waals surface area contributed by atoms with E-state index in [1.165, 1.54) is 38.6 Å². The van der Waals surface area contributed by atoms with Crippen LogP contribution in [0.15, 0.2) is 72.3 Å². The van der Waals surface area contributed by atoms with E-state index in [2.05, 4.69) is 60.7 Å². The van der Waals surface area contributed by atoms with Gasteiger partial charge < -0.3 is 0 Å². The van der Waals surface area contributed by atoms with Crippen LogP contribution in [0.2, 0.25) is 0 Å². The van der Waals surface area contributed by atoms with Gasteiger partial charge in [-0.15, -0.1) is 0 Å². The second kappa shape index (κ2) is 5.42. The Hall–Kier alpha value is -2.67. The number of carbonyl (C=O) groups excluding carboxylic acids is 1. The van der Waals surface area contributed by atoms with Crippen LogP contribution in [0.3, 0.4) is 0 Å². The maximum atomic E-state index is 13.2. The second-order valence-electron chi connectivity index (χ2n) is 8.66. The topological polar surface area (TPSA) is 17.1 Å². The third kappa shape index (κ3) is 2.21. The lowest BCUT2D eigenvalue weighted by atomic mass is 9.63. The van der Waals surface area contributed by atoms with Crippen molar-refractivity contribution < 1.29 is 4.79 Å². The van der Waals surface area contributed by atoms with E-state index >= 15 is 0 Å². The lowest BCUT2D eigenvalue weighted by Gasteiger charge is -2.39. The van der Waals surface area contributed by atoms with E-state index in [0.717, 1.165) is 25.7 Å². The van der Waals surface area contributed by atoms with Crippen molar-refractivity contribution in [2.24, 2.45) is 11.3 Å². The minimum atomic E-state index is -0.0886. The number of hydrogen-bond acceptors (Lipinski definition) is 1. The van der Waals surface area contributed by atoms with Gasteiger partial charge in [-0.05, 0) is 70.7 Å². The van der Waals surface area contributed by atoms with Gasteiger partial charge in [-0.1, -0.05) is 66.2 Å². The van der Waals surface area contributed by atoms with Gasteiger partial charge in [0.1, 0.15) is 5.78 Å². The van der Waals surface area contributed by atoms with Crippen LogP contribution in [0.4, 0.5) is 0 Å². The molecule has 3 aliphatic rings. The zero-order valence-electron chi connectivity index (χ0n) is 15.4. The second-order valence-corrected chi connectivity index (χ2v) is 8.66. The monoisotopic (exact) mass is 350 g/mol. The molecule has 6 rings (SSSR count). The molecule has 1 spiro atoms. The van der Waals surface area contributed by atoms with Crippen LogP contribution in [-0.2, 0) is 17.6 Å². The summed E-state index contributed by atoms with van der Waals surface area (Å²) in [5.41, 5.74) is 6.58. The molecule has 1 saturated carbocycles. The summed E-state index contributed by atoms with van der Waals surface area (Å²) < 4.78 is 0. The molecule has 1 fully saturated rings. The summed E-state index contributed by atoms with van der Waals surface area (Å²) in [6.45, 7) is 0. The molecule has 0 N–H and O–H groups in total. The van der Waals surface area contributed by atoms with Gasteiger partial charge in [0.15, 0.2) is 0 Å². The lowest BCUT2D eigenvalue weighted by Crippen LogP contribution is -2.42. The van der Waals surface area contributed by atoms with E-state index in [4.69, 9.17) is 0 Å². The molecule has 3 aliphatic carbocycles. The molecule has 2 bridgehead atoms. The Morgan fingerprint density at radius 1 is 0.815 bits per heavy atom. The molecular formula is C26H22O. The number of ketones is 1. The fourth-order valence-corrected chi connectivity index (χ4v) is 5.76. The van der Waals surface area contributed by atoms with Gasteiger partial charge in [-0.25, -0.2) is 0 Å². The third-order valence-electron chi connectivity index (χ3n) is 7.20. The molecule has 1 nitrogen and oxygen atoms in total. The van der Waals surface area contributed by atoms with Gasteiger partial charge in [0.25, 0.3) is 0 Å². The van der Waals surface area contributed by atoms with Gasteiger partial charge in [0, 0.05) is 11.8 Å². The van der Waals surface area contributed by atoms with E-state index in [1.54, 1.807) is 0 Å². The van der Waals surface area contributed by atoms with Crippen molar-refractivity contribution in [3.63, 3.8) is 0 Å². The van der Waals surface area contributed by atoms with E-state index < -0.39 is 0 Å². The first-order valence-electron chi connectivity index (χ1n) is 10.0. The summed E-state index contributed by atoms with van der Waals surface area (Å²) >= 11 is 0. The zero-order chi connectivity index (χ0) is 18.0. The van der Waals surface area contributed by atoms with Crippen LogP contribution in [0.25, 0.3) is 21.9 Å². The number of fused-ring (bicyclic) bond motifs is 5. The van der Waals surface area contributed by atoms with Crippen LogP contribution in [0, 0.1) is 11.3 Å². The van der Waals surface area contributed by atoms with Crippen LogP contribution >= 0.6 is 0 Å². The third-order valence-corrected chi connectivity index (χ3v) is 7.20. The molecular weight excluding hydrogens is 328 g/mol. The molecule has 3 aromatic carbocycles. The van der Waals surface area contributed by atoms with Gasteiger partial charge in [-0.3, -0.25) is 4.79 Å². The number of hydrogen-bond donors (Lipinski definition) is 0. The fraction of sp³-hybridized carbons (Fsp3) is 0.269. The molecule has 3 aromatic rings. The molecule has 0 saturated heterocycles. The Bertz CT molecular complexity index is 1120. The predicted molar refractivity (Wildman–Crippen MR) is 110 cm³/mol. The quantitative estimate of drug-likeness (QED) is 0.499. The van der Waals surface area contributed by atoms with Crippen LogP contribution in [-0.4, -0.2) is 5.78 Å². The highest BCUT2D eigenvalue weighted by Crippen LogP contribution is 2.57. The van der Waals surface area contributed by atoms with Crippen molar-refractivity contribution in [2.45, 2.75) is 32.1 Å². The Morgan fingerprint density at radius 3 is 2.44 bits per heavy atom. The normalized spacial score (nSPS) is 25.9. The molecule has 0 heterocycles. The van der Waals surface area contributed by atoms with Crippen LogP contribution in [0.5, 0.6) is 0 Å². The fourth-order valence-electron chi connectivity index (χ4n) is 5.76. The molecule has 1 heteroatoms. The summed E-state index contributed by atoms with van der Waals surface area (Å²) in [5.74, 6) is 1.05.